The molecule has 0 aliphatic carbocycles. The molecule has 2 aromatic carbocycles. The van der Waals surface area contributed by atoms with Gasteiger partial charge < -0.3 is 4.90 Å². The van der Waals surface area contributed by atoms with Crippen LogP contribution in [0.1, 0.15) is 31.0 Å². The van der Waals surface area contributed by atoms with E-state index in [9.17, 15) is 17.6 Å². The van der Waals surface area contributed by atoms with E-state index in [0.717, 1.165) is 11.3 Å². The normalized spacial score (nSPS) is 15.1. The van der Waals surface area contributed by atoms with Crippen LogP contribution in [0.5, 0.6) is 0 Å². The van der Waals surface area contributed by atoms with Crippen molar-refractivity contribution in [2.75, 3.05) is 11.4 Å². The van der Waals surface area contributed by atoms with Crippen molar-refractivity contribution in [3.63, 3.8) is 0 Å². The van der Waals surface area contributed by atoms with Crippen LogP contribution in [-0.2, 0) is 21.2 Å². The number of carbonyl (C=O) groups is 1. The molecule has 1 heterocycles. The number of carbonyl (C=O) groups excluding carboxylic acids is 1. The van der Waals surface area contributed by atoms with Crippen LogP contribution < -0.4 is 9.62 Å². The number of nitrogens with one attached hydrogen (secondary N) is 1. The highest BCUT2D eigenvalue weighted by Gasteiger charge is 2.25. The summed E-state index contributed by atoms with van der Waals surface area (Å²) in [6, 6.07) is 9.98. The third kappa shape index (κ3) is 3.57. The number of amides is 1. The van der Waals surface area contributed by atoms with E-state index < -0.39 is 16.1 Å². The first-order valence-electron chi connectivity index (χ1n) is 7.97. The Bertz CT molecular complexity index is 910. The van der Waals surface area contributed by atoms with Gasteiger partial charge in [-0.2, -0.15) is 0 Å². The van der Waals surface area contributed by atoms with Crippen molar-refractivity contribution >= 4 is 21.6 Å². The van der Waals surface area contributed by atoms with Gasteiger partial charge in [0.25, 0.3) is 0 Å². The number of anilines is 1. The Balaban J connectivity index is 1.83. The minimum absolute atomic E-state index is 0.0579. The lowest BCUT2D eigenvalue weighted by Gasteiger charge is -2.17. The van der Waals surface area contributed by atoms with Crippen molar-refractivity contribution in [1.29, 1.82) is 0 Å². The Hall–Kier alpha value is -2.25. The van der Waals surface area contributed by atoms with Crippen LogP contribution in [0.25, 0.3) is 0 Å². The van der Waals surface area contributed by atoms with E-state index in [-0.39, 0.29) is 16.6 Å². The molecule has 1 unspecified atom stereocenters. The summed E-state index contributed by atoms with van der Waals surface area (Å²) < 4.78 is 40.9. The maximum Gasteiger partial charge on any atom is 0.241 e. The van der Waals surface area contributed by atoms with Crippen molar-refractivity contribution in [3.05, 3.63) is 59.4 Å². The lowest BCUT2D eigenvalue weighted by molar-refractivity contribution is -0.116. The Labute approximate surface area is 146 Å². The second kappa shape index (κ2) is 6.57. The molecule has 0 aromatic heterocycles. The van der Waals surface area contributed by atoms with Crippen LogP contribution >= 0.6 is 0 Å². The number of hydrogen-bond donors (Lipinski definition) is 1. The van der Waals surface area contributed by atoms with Crippen molar-refractivity contribution in [1.82, 2.24) is 4.72 Å². The number of sulfonamides is 1. The fourth-order valence-corrected chi connectivity index (χ4v) is 4.27. The third-order valence-electron chi connectivity index (χ3n) is 4.34. The van der Waals surface area contributed by atoms with Gasteiger partial charge in [-0.05, 0) is 54.8 Å². The molecule has 2 aromatic rings. The highest BCUT2D eigenvalue weighted by Crippen LogP contribution is 2.30. The molecule has 1 N–H and O–H groups in total. The van der Waals surface area contributed by atoms with Gasteiger partial charge in [0.1, 0.15) is 5.82 Å². The molecule has 1 atom stereocenters. The van der Waals surface area contributed by atoms with Gasteiger partial charge in [0.05, 0.1) is 4.90 Å². The first kappa shape index (κ1) is 17.6. The molecule has 1 amide bonds. The van der Waals surface area contributed by atoms with Gasteiger partial charge >= 0.3 is 0 Å². The average molecular weight is 362 g/mol. The molecule has 1 aliphatic heterocycles. The molecular weight excluding hydrogens is 343 g/mol. The lowest BCUT2D eigenvalue weighted by Crippen LogP contribution is -2.27. The molecule has 0 fully saturated rings. The molecule has 0 saturated heterocycles. The largest absolute Gasteiger partial charge is 0.312 e. The molecule has 0 radical (unpaired) electrons. The Kier molecular flexibility index (Phi) is 4.62. The molecule has 0 bridgehead atoms. The molecule has 25 heavy (non-hydrogen) atoms. The van der Waals surface area contributed by atoms with Crippen LogP contribution in [0.2, 0.25) is 0 Å². The molecule has 0 saturated carbocycles. The molecule has 5 nitrogen and oxygen atoms in total. The van der Waals surface area contributed by atoms with Crippen LogP contribution in [0.3, 0.4) is 0 Å². The van der Waals surface area contributed by atoms with E-state index in [1.54, 1.807) is 36.1 Å². The van der Waals surface area contributed by atoms with E-state index in [0.29, 0.717) is 18.5 Å². The Morgan fingerprint density at radius 2 is 1.88 bits per heavy atom. The maximum atomic E-state index is 13.0. The summed E-state index contributed by atoms with van der Waals surface area (Å²) in [4.78, 5) is 13.4. The minimum Gasteiger partial charge on any atom is -0.312 e. The predicted octanol–water partition coefficient (Wildman–Crippen LogP) is 2.77. The quantitative estimate of drug-likeness (QED) is 0.909. The zero-order valence-electron chi connectivity index (χ0n) is 14.0. The van der Waals surface area contributed by atoms with E-state index in [4.69, 9.17) is 0 Å². The number of benzene rings is 2. The van der Waals surface area contributed by atoms with Crippen molar-refractivity contribution < 1.29 is 17.6 Å². The van der Waals surface area contributed by atoms with Crippen LogP contribution in [0.4, 0.5) is 10.1 Å². The third-order valence-corrected chi connectivity index (χ3v) is 5.88. The molecule has 132 valence electrons. The van der Waals surface area contributed by atoms with E-state index in [1.807, 2.05) is 0 Å². The van der Waals surface area contributed by atoms with Gasteiger partial charge in [0.15, 0.2) is 0 Å². The smallest absolute Gasteiger partial charge is 0.241 e. The predicted molar refractivity (Wildman–Crippen MR) is 93.3 cm³/mol. The summed E-state index contributed by atoms with van der Waals surface area (Å²) in [5.41, 5.74) is 2.28. The molecule has 1 aliphatic rings. The molecular formula is C18H19FN2O3S. The zero-order valence-corrected chi connectivity index (χ0v) is 14.8. The van der Waals surface area contributed by atoms with Crippen LogP contribution in [0, 0.1) is 5.82 Å². The zero-order chi connectivity index (χ0) is 18.2. The van der Waals surface area contributed by atoms with Gasteiger partial charge in [-0.25, -0.2) is 17.5 Å². The first-order chi connectivity index (χ1) is 11.8. The SMILES string of the molecule is CC(=O)N1CCc2cc(S(=O)(=O)NC(C)c3ccc(F)cc3)ccc21. The summed E-state index contributed by atoms with van der Waals surface area (Å²) in [5.74, 6) is -0.426. The van der Waals surface area contributed by atoms with Crippen molar-refractivity contribution in [3.8, 4) is 0 Å². The fraction of sp³-hybridized carbons (Fsp3) is 0.278. The monoisotopic (exact) mass is 362 g/mol. The highest BCUT2D eigenvalue weighted by atomic mass is 32.2. The van der Waals surface area contributed by atoms with Gasteiger partial charge in [0, 0.05) is 25.2 Å². The average Bonchev–Trinajstić information content (AvgIpc) is 2.98. The topological polar surface area (TPSA) is 66.5 Å². The number of hydrogen-bond acceptors (Lipinski definition) is 3. The second-order valence-corrected chi connectivity index (χ2v) is 7.82. The van der Waals surface area contributed by atoms with Crippen LogP contribution in [-0.4, -0.2) is 20.9 Å². The van der Waals surface area contributed by atoms with Crippen molar-refractivity contribution in [2.45, 2.75) is 31.2 Å². The van der Waals surface area contributed by atoms with Gasteiger partial charge in [-0.3, -0.25) is 4.79 Å². The number of nitrogens with zero attached hydrogens (tertiary/aromatic N) is 1. The van der Waals surface area contributed by atoms with E-state index in [1.165, 1.54) is 25.1 Å². The first-order valence-corrected chi connectivity index (χ1v) is 9.45. The summed E-state index contributed by atoms with van der Waals surface area (Å²) in [5, 5.41) is 0. The van der Waals surface area contributed by atoms with Crippen molar-refractivity contribution in [2.24, 2.45) is 0 Å². The second-order valence-electron chi connectivity index (χ2n) is 6.11. The molecule has 7 heteroatoms. The molecule has 3 rings (SSSR count). The standard InChI is InChI=1S/C18H19FN2O3S/c1-12(14-3-5-16(19)6-4-14)20-25(23,24)17-7-8-18-15(11-17)9-10-21(18)13(2)22/h3-8,11-12,20H,9-10H2,1-2H3. The number of halogens is 1. The van der Waals surface area contributed by atoms with Gasteiger partial charge in [-0.1, -0.05) is 12.1 Å². The fourth-order valence-electron chi connectivity index (χ4n) is 2.99. The maximum absolute atomic E-state index is 13.0. The minimum atomic E-state index is -3.72. The van der Waals surface area contributed by atoms with Crippen LogP contribution in [0.15, 0.2) is 47.4 Å². The van der Waals surface area contributed by atoms with E-state index in [2.05, 4.69) is 4.72 Å². The van der Waals surface area contributed by atoms with E-state index >= 15 is 0 Å². The Morgan fingerprint density at radius 3 is 2.52 bits per heavy atom. The highest BCUT2D eigenvalue weighted by molar-refractivity contribution is 7.89. The van der Waals surface area contributed by atoms with Gasteiger partial charge in [0.2, 0.25) is 15.9 Å². The molecule has 0 spiro atoms. The summed E-state index contributed by atoms with van der Waals surface area (Å²) >= 11 is 0. The van der Waals surface area contributed by atoms with Gasteiger partial charge in [-0.15, -0.1) is 0 Å². The number of rotatable bonds is 4. The Morgan fingerprint density at radius 1 is 1.20 bits per heavy atom. The summed E-state index contributed by atoms with van der Waals surface area (Å²) in [6.45, 7) is 3.76. The summed E-state index contributed by atoms with van der Waals surface area (Å²) in [6.07, 6.45) is 0.631. The summed E-state index contributed by atoms with van der Waals surface area (Å²) in [7, 11) is -3.72. The lowest BCUT2D eigenvalue weighted by atomic mass is 10.1. The number of fused-ring (bicyclic) bond motifs is 1.